The Hall–Kier alpha value is -2.48. The van der Waals surface area contributed by atoms with Crippen molar-refractivity contribution >= 4 is 70.1 Å². The van der Waals surface area contributed by atoms with Crippen LogP contribution in [0, 0.1) is 0 Å². The third-order valence-corrected chi connectivity index (χ3v) is 8.67. The Labute approximate surface area is 226 Å². The average molecular weight is 543 g/mol. The van der Waals surface area contributed by atoms with Gasteiger partial charge in [0.05, 0.1) is 22.2 Å². The van der Waals surface area contributed by atoms with Gasteiger partial charge < -0.3 is 10.0 Å². The van der Waals surface area contributed by atoms with Crippen molar-refractivity contribution in [2.24, 2.45) is 0 Å². The summed E-state index contributed by atoms with van der Waals surface area (Å²) in [6, 6.07) is 17.9. The molecule has 0 bridgehead atoms. The predicted octanol–water partition coefficient (Wildman–Crippen LogP) is 7.26. The number of hydrogen-bond donors (Lipinski definition) is 1. The second kappa shape index (κ2) is 14.3. The molecule has 190 valence electrons. The molecule has 0 aliphatic carbocycles. The first-order chi connectivity index (χ1) is 17.4. The lowest BCUT2D eigenvalue weighted by atomic mass is 10.1. The van der Waals surface area contributed by atoms with E-state index in [2.05, 4.69) is 17.1 Å². The zero-order valence-electron chi connectivity index (χ0n) is 20.5. The highest BCUT2D eigenvalue weighted by Crippen LogP contribution is 2.40. The Morgan fingerprint density at radius 2 is 1.72 bits per heavy atom. The van der Waals surface area contributed by atoms with Gasteiger partial charge in [0.25, 0.3) is 0 Å². The summed E-state index contributed by atoms with van der Waals surface area (Å²) in [5.74, 6) is 0.552. The monoisotopic (exact) mass is 542 g/mol. The lowest BCUT2D eigenvalue weighted by molar-refractivity contribution is -0.136. The maximum Gasteiger partial charge on any atom is 0.304 e. The normalized spacial score (nSPS) is 12.2. The fraction of sp³-hybridized carbons (Fsp3) is 0.321. The van der Waals surface area contributed by atoms with E-state index < -0.39 is 5.97 Å². The number of halogens is 1. The Morgan fingerprint density at radius 3 is 2.44 bits per heavy atom. The minimum absolute atomic E-state index is 0.0446. The molecule has 5 nitrogen and oxygen atoms in total. The summed E-state index contributed by atoms with van der Waals surface area (Å²) in [5.41, 5.74) is 3.83. The van der Waals surface area contributed by atoms with E-state index in [9.17, 15) is 9.59 Å². The van der Waals surface area contributed by atoms with Crippen LogP contribution in [0.1, 0.15) is 48.1 Å². The molecular formula is C28H31ClN2O3S2. The van der Waals surface area contributed by atoms with Gasteiger partial charge >= 0.3 is 5.97 Å². The van der Waals surface area contributed by atoms with Crippen molar-refractivity contribution in [2.75, 3.05) is 24.6 Å². The standard InChI is InChI=1S/C28H31ClN2O3S2/c1-3-31(4-2)26(32)14-16-35-28(36-17-15-27(33)34)22-7-5-6-20(18-22)8-12-24-13-10-21-9-11-23(29)19-25(21)30-24/h5-13,18-19,28H,3-4,14-17H2,1-2H3,(H,33,34)/b12-8+. The van der Waals surface area contributed by atoms with Crippen molar-refractivity contribution in [1.82, 2.24) is 9.88 Å². The summed E-state index contributed by atoms with van der Waals surface area (Å²) in [7, 11) is 0. The summed E-state index contributed by atoms with van der Waals surface area (Å²) < 4.78 is 0.0446. The van der Waals surface area contributed by atoms with Crippen LogP contribution in [0.5, 0.6) is 0 Å². The molecule has 0 aliphatic heterocycles. The third kappa shape index (κ3) is 8.57. The average Bonchev–Trinajstić information content (AvgIpc) is 2.87. The van der Waals surface area contributed by atoms with Crippen LogP contribution in [0.4, 0.5) is 0 Å². The molecule has 8 heteroatoms. The Balaban J connectivity index is 1.72. The number of carbonyl (C=O) groups excluding carboxylic acids is 1. The van der Waals surface area contributed by atoms with Crippen molar-refractivity contribution in [1.29, 1.82) is 0 Å². The smallest absolute Gasteiger partial charge is 0.304 e. The zero-order chi connectivity index (χ0) is 25.9. The first-order valence-electron chi connectivity index (χ1n) is 12.0. The first-order valence-corrected chi connectivity index (χ1v) is 14.4. The second-order valence-corrected chi connectivity index (χ2v) is 11.3. The number of carboxylic acids is 1. The summed E-state index contributed by atoms with van der Waals surface area (Å²) in [6.07, 6.45) is 4.58. The van der Waals surface area contributed by atoms with Crippen LogP contribution >= 0.6 is 35.1 Å². The van der Waals surface area contributed by atoms with Crippen molar-refractivity contribution in [3.63, 3.8) is 0 Å². The number of benzene rings is 2. The molecule has 1 aromatic heterocycles. The highest BCUT2D eigenvalue weighted by Gasteiger charge is 2.16. The van der Waals surface area contributed by atoms with Gasteiger partial charge in [-0.15, -0.1) is 23.5 Å². The molecule has 0 saturated carbocycles. The molecule has 0 aliphatic rings. The summed E-state index contributed by atoms with van der Waals surface area (Å²) in [6.45, 7) is 5.40. The van der Waals surface area contributed by atoms with Crippen LogP contribution in [0.3, 0.4) is 0 Å². The molecule has 0 spiro atoms. The topological polar surface area (TPSA) is 70.5 Å². The molecule has 1 atom stereocenters. The summed E-state index contributed by atoms with van der Waals surface area (Å²) in [4.78, 5) is 30.0. The minimum Gasteiger partial charge on any atom is -0.481 e. The lowest BCUT2D eigenvalue weighted by Crippen LogP contribution is -2.30. The van der Waals surface area contributed by atoms with E-state index in [1.54, 1.807) is 23.5 Å². The number of carboxylic acid groups (broad SMARTS) is 1. The molecule has 0 saturated heterocycles. The number of amides is 1. The number of carbonyl (C=O) groups is 2. The van der Waals surface area contributed by atoms with Gasteiger partial charge in [0, 0.05) is 41.4 Å². The number of hydrogen-bond acceptors (Lipinski definition) is 5. The van der Waals surface area contributed by atoms with Crippen LogP contribution in [-0.4, -0.2) is 51.5 Å². The number of nitrogens with zero attached hydrogens (tertiary/aromatic N) is 2. The molecule has 1 N–H and O–H groups in total. The molecule has 3 rings (SSSR count). The fourth-order valence-electron chi connectivity index (χ4n) is 3.67. The van der Waals surface area contributed by atoms with Crippen molar-refractivity contribution in [3.8, 4) is 0 Å². The van der Waals surface area contributed by atoms with Gasteiger partial charge in [0.1, 0.15) is 0 Å². The number of rotatable bonds is 13. The Bertz CT molecular complexity index is 1210. The van der Waals surface area contributed by atoms with Crippen LogP contribution in [0.15, 0.2) is 54.6 Å². The summed E-state index contributed by atoms with van der Waals surface area (Å²) in [5, 5.41) is 10.8. The first kappa shape index (κ1) is 28.1. The molecule has 36 heavy (non-hydrogen) atoms. The van der Waals surface area contributed by atoms with Gasteiger partial charge in [-0.25, -0.2) is 4.98 Å². The predicted molar refractivity (Wildman–Crippen MR) is 155 cm³/mol. The zero-order valence-corrected chi connectivity index (χ0v) is 22.9. The SMILES string of the molecule is CCN(CC)C(=O)CCSC(SCCC(=O)O)c1cccc(/C=C/c2ccc3ccc(Cl)cc3n2)c1. The highest BCUT2D eigenvalue weighted by molar-refractivity contribution is 8.16. The van der Waals surface area contributed by atoms with E-state index >= 15 is 0 Å². The molecule has 0 radical (unpaired) electrons. The van der Waals surface area contributed by atoms with E-state index in [1.165, 1.54) is 0 Å². The number of thioether (sulfide) groups is 2. The Kier molecular flexibility index (Phi) is 11.2. The third-order valence-electron chi connectivity index (χ3n) is 5.59. The Morgan fingerprint density at radius 1 is 1.00 bits per heavy atom. The van der Waals surface area contributed by atoms with Crippen LogP contribution in [-0.2, 0) is 9.59 Å². The quantitative estimate of drug-likeness (QED) is 0.229. The van der Waals surface area contributed by atoms with Gasteiger partial charge in [-0.2, -0.15) is 0 Å². The second-order valence-electron chi connectivity index (χ2n) is 8.11. The van der Waals surface area contributed by atoms with Gasteiger partial charge in [0.15, 0.2) is 0 Å². The van der Waals surface area contributed by atoms with Crippen molar-refractivity contribution < 1.29 is 14.7 Å². The molecule has 1 heterocycles. The van der Waals surface area contributed by atoms with Crippen LogP contribution in [0.25, 0.3) is 23.1 Å². The van der Waals surface area contributed by atoms with E-state index in [0.717, 1.165) is 27.7 Å². The van der Waals surface area contributed by atoms with Gasteiger partial charge in [-0.3, -0.25) is 9.59 Å². The molecule has 1 unspecified atom stereocenters. The molecule has 0 fully saturated rings. The maximum atomic E-state index is 12.4. The summed E-state index contributed by atoms with van der Waals surface area (Å²) >= 11 is 9.41. The largest absolute Gasteiger partial charge is 0.481 e. The maximum absolute atomic E-state index is 12.4. The number of aromatic nitrogens is 1. The molecule has 2 aromatic carbocycles. The van der Waals surface area contributed by atoms with E-state index in [1.807, 2.05) is 73.4 Å². The molecule has 1 amide bonds. The van der Waals surface area contributed by atoms with Gasteiger partial charge in [0.2, 0.25) is 5.91 Å². The highest BCUT2D eigenvalue weighted by atomic mass is 35.5. The number of aliphatic carboxylic acids is 1. The molecular weight excluding hydrogens is 512 g/mol. The van der Waals surface area contributed by atoms with Crippen LogP contribution < -0.4 is 0 Å². The van der Waals surface area contributed by atoms with E-state index in [0.29, 0.717) is 36.0 Å². The number of fused-ring (bicyclic) bond motifs is 1. The van der Waals surface area contributed by atoms with Gasteiger partial charge in [-0.1, -0.05) is 48.0 Å². The van der Waals surface area contributed by atoms with Gasteiger partial charge in [-0.05, 0) is 55.3 Å². The lowest BCUT2D eigenvalue weighted by Gasteiger charge is -2.20. The van der Waals surface area contributed by atoms with Crippen molar-refractivity contribution in [2.45, 2.75) is 31.3 Å². The minimum atomic E-state index is -0.802. The van der Waals surface area contributed by atoms with E-state index in [-0.39, 0.29) is 16.9 Å². The fourth-order valence-corrected chi connectivity index (χ4v) is 6.49. The number of pyridine rings is 1. The van der Waals surface area contributed by atoms with E-state index in [4.69, 9.17) is 16.7 Å². The molecule has 3 aromatic rings. The van der Waals surface area contributed by atoms with Crippen molar-refractivity contribution in [3.05, 3.63) is 76.4 Å². The van der Waals surface area contributed by atoms with Crippen LogP contribution in [0.2, 0.25) is 5.02 Å².